The maximum atomic E-state index is 12.8. The quantitative estimate of drug-likeness (QED) is 0.589. The second kappa shape index (κ2) is 4.44. The molecule has 1 heterocycles. The summed E-state index contributed by atoms with van der Waals surface area (Å²) < 4.78 is 0. The number of fused-ring (bicyclic) bond motifs is 1. The molecular weight excluding hydrogens is 286 g/mol. The van der Waals surface area contributed by atoms with Crippen molar-refractivity contribution in [3.63, 3.8) is 0 Å². The lowest BCUT2D eigenvalue weighted by molar-refractivity contribution is -0.124. The minimum atomic E-state index is -0.167. The summed E-state index contributed by atoms with van der Waals surface area (Å²) in [5, 5.41) is 0.548. The van der Waals surface area contributed by atoms with Crippen molar-refractivity contribution in [2.45, 2.75) is 19.8 Å². The Kier molecular flexibility index (Phi) is 2.77. The van der Waals surface area contributed by atoms with Crippen molar-refractivity contribution >= 4 is 29.1 Å². The first-order valence-corrected chi connectivity index (χ1v) is 7.78. The van der Waals surface area contributed by atoms with E-state index in [2.05, 4.69) is 12.2 Å². The van der Waals surface area contributed by atoms with Gasteiger partial charge in [-0.05, 0) is 49.3 Å². The van der Waals surface area contributed by atoms with Crippen molar-refractivity contribution in [1.29, 1.82) is 0 Å². The van der Waals surface area contributed by atoms with Gasteiger partial charge in [-0.25, -0.2) is 4.90 Å². The Balaban J connectivity index is 1.80. The predicted octanol–water partition coefficient (Wildman–Crippen LogP) is 3.35. The molecule has 3 nitrogen and oxygen atoms in total. The van der Waals surface area contributed by atoms with Crippen LogP contribution in [0.25, 0.3) is 0 Å². The molecule has 0 radical (unpaired) electrons. The van der Waals surface area contributed by atoms with Crippen molar-refractivity contribution in [2.75, 3.05) is 4.90 Å². The van der Waals surface area contributed by atoms with Crippen LogP contribution in [-0.2, 0) is 9.59 Å². The van der Waals surface area contributed by atoms with Gasteiger partial charge in [0.2, 0.25) is 11.8 Å². The van der Waals surface area contributed by atoms with Crippen LogP contribution in [0.3, 0.4) is 0 Å². The molecule has 4 aliphatic rings. The molecule has 3 aliphatic carbocycles. The highest BCUT2D eigenvalue weighted by molar-refractivity contribution is 6.31. The Bertz CT molecular complexity index is 649. The van der Waals surface area contributed by atoms with Gasteiger partial charge in [0.25, 0.3) is 0 Å². The normalized spacial score (nSPS) is 33.7. The first-order valence-electron chi connectivity index (χ1n) is 7.40. The van der Waals surface area contributed by atoms with Crippen LogP contribution < -0.4 is 4.90 Å². The number of halogens is 1. The number of hydrogen-bond acceptors (Lipinski definition) is 2. The third-order valence-electron chi connectivity index (χ3n) is 5.17. The summed E-state index contributed by atoms with van der Waals surface area (Å²) in [6, 6.07) is 5.36. The average molecular weight is 302 g/mol. The molecule has 1 aliphatic heterocycles. The van der Waals surface area contributed by atoms with Crippen molar-refractivity contribution in [1.82, 2.24) is 0 Å². The van der Waals surface area contributed by atoms with E-state index in [1.54, 1.807) is 12.1 Å². The summed E-state index contributed by atoms with van der Waals surface area (Å²) in [5.74, 6) is 0.0185. The molecular formula is C17H16ClNO2. The van der Waals surface area contributed by atoms with Crippen LogP contribution in [0.4, 0.5) is 5.69 Å². The molecule has 1 aromatic rings. The van der Waals surface area contributed by atoms with Crippen molar-refractivity contribution in [2.24, 2.45) is 23.7 Å². The lowest BCUT2D eigenvalue weighted by Gasteiger charge is -2.38. The smallest absolute Gasteiger partial charge is 0.238 e. The highest BCUT2D eigenvalue weighted by Gasteiger charge is 2.57. The fourth-order valence-electron chi connectivity index (χ4n) is 4.14. The van der Waals surface area contributed by atoms with Crippen molar-refractivity contribution in [3.05, 3.63) is 40.9 Å². The molecule has 2 fully saturated rings. The van der Waals surface area contributed by atoms with E-state index in [-0.39, 0.29) is 35.5 Å². The van der Waals surface area contributed by atoms with Gasteiger partial charge in [0.1, 0.15) is 0 Å². The summed E-state index contributed by atoms with van der Waals surface area (Å²) in [6.45, 7) is 1.90. The standard InChI is InChI=1S/C17H16ClNO2/c1-9-2-7-12(18)8-13(9)19-16(20)14-10-3-4-11(6-5-10)15(14)17(19)21/h2-4,7-8,10-11,14-15H,5-6H2,1H3/t10-,11-,14+,15+/m1/s1. The summed E-state index contributed by atoms with van der Waals surface area (Å²) in [4.78, 5) is 27.0. The zero-order chi connectivity index (χ0) is 14.7. The molecule has 4 atom stereocenters. The first kappa shape index (κ1) is 13.1. The van der Waals surface area contributed by atoms with E-state index >= 15 is 0 Å². The summed E-state index contributed by atoms with van der Waals surface area (Å²) in [6.07, 6.45) is 6.30. The molecule has 21 heavy (non-hydrogen) atoms. The van der Waals surface area contributed by atoms with Crippen molar-refractivity contribution in [3.8, 4) is 0 Å². The van der Waals surface area contributed by atoms with Gasteiger partial charge in [0.05, 0.1) is 17.5 Å². The van der Waals surface area contributed by atoms with Crippen LogP contribution in [0.1, 0.15) is 18.4 Å². The van der Waals surface area contributed by atoms with Crippen LogP contribution in [0.2, 0.25) is 5.02 Å². The predicted molar refractivity (Wildman–Crippen MR) is 81.0 cm³/mol. The number of nitrogens with zero attached hydrogens (tertiary/aromatic N) is 1. The van der Waals surface area contributed by atoms with Crippen LogP contribution in [0.15, 0.2) is 30.4 Å². The molecule has 2 amide bonds. The van der Waals surface area contributed by atoms with E-state index in [1.165, 1.54) is 4.90 Å². The number of amides is 2. The molecule has 0 spiro atoms. The topological polar surface area (TPSA) is 37.4 Å². The van der Waals surface area contributed by atoms with Gasteiger partial charge >= 0.3 is 0 Å². The van der Waals surface area contributed by atoms with E-state index < -0.39 is 0 Å². The summed E-state index contributed by atoms with van der Waals surface area (Å²) >= 11 is 6.05. The van der Waals surface area contributed by atoms with E-state index in [1.807, 2.05) is 13.0 Å². The monoisotopic (exact) mass is 301 g/mol. The van der Waals surface area contributed by atoms with Gasteiger partial charge in [-0.1, -0.05) is 29.8 Å². The fourth-order valence-corrected chi connectivity index (χ4v) is 4.30. The number of carbonyl (C=O) groups excluding carboxylic acids is 2. The molecule has 1 saturated heterocycles. The number of rotatable bonds is 1. The minimum Gasteiger partial charge on any atom is -0.274 e. The first-order chi connectivity index (χ1) is 10.1. The van der Waals surface area contributed by atoms with E-state index in [0.717, 1.165) is 18.4 Å². The van der Waals surface area contributed by atoms with Gasteiger partial charge in [-0.15, -0.1) is 0 Å². The molecule has 2 bridgehead atoms. The Morgan fingerprint density at radius 1 is 1.05 bits per heavy atom. The third-order valence-corrected chi connectivity index (χ3v) is 5.41. The fraction of sp³-hybridized carbons (Fsp3) is 0.412. The van der Waals surface area contributed by atoms with Gasteiger partial charge < -0.3 is 0 Å². The van der Waals surface area contributed by atoms with E-state index in [0.29, 0.717) is 10.7 Å². The van der Waals surface area contributed by atoms with Gasteiger partial charge in [-0.2, -0.15) is 0 Å². The Hall–Kier alpha value is -1.61. The second-order valence-corrected chi connectivity index (χ2v) is 6.72. The largest absolute Gasteiger partial charge is 0.274 e. The molecule has 5 rings (SSSR count). The number of benzene rings is 1. The van der Waals surface area contributed by atoms with Crippen LogP contribution in [0, 0.1) is 30.6 Å². The van der Waals surface area contributed by atoms with E-state index in [9.17, 15) is 9.59 Å². The number of aryl methyl sites for hydroxylation is 1. The second-order valence-electron chi connectivity index (χ2n) is 6.28. The highest BCUT2D eigenvalue weighted by Crippen LogP contribution is 2.50. The lowest BCUT2D eigenvalue weighted by Crippen LogP contribution is -2.38. The number of hydrogen-bond donors (Lipinski definition) is 0. The average Bonchev–Trinajstić information content (AvgIpc) is 2.77. The zero-order valence-corrected chi connectivity index (χ0v) is 12.5. The molecule has 0 unspecified atom stereocenters. The lowest BCUT2D eigenvalue weighted by atomic mass is 9.63. The third kappa shape index (κ3) is 1.73. The molecule has 1 saturated carbocycles. The Labute approximate surface area is 128 Å². The van der Waals surface area contributed by atoms with Crippen LogP contribution in [-0.4, -0.2) is 11.8 Å². The van der Waals surface area contributed by atoms with E-state index in [4.69, 9.17) is 11.6 Å². The van der Waals surface area contributed by atoms with Gasteiger partial charge in [-0.3, -0.25) is 9.59 Å². The van der Waals surface area contributed by atoms with Gasteiger partial charge in [0.15, 0.2) is 0 Å². The Morgan fingerprint density at radius 3 is 2.14 bits per heavy atom. The number of allylic oxidation sites excluding steroid dienone is 2. The molecule has 0 N–H and O–H groups in total. The van der Waals surface area contributed by atoms with Crippen molar-refractivity contribution < 1.29 is 9.59 Å². The maximum absolute atomic E-state index is 12.8. The van der Waals surface area contributed by atoms with Crippen LogP contribution >= 0.6 is 11.6 Å². The molecule has 4 heteroatoms. The zero-order valence-electron chi connectivity index (χ0n) is 11.8. The summed E-state index contributed by atoms with van der Waals surface area (Å²) in [5.41, 5.74) is 1.55. The Morgan fingerprint density at radius 2 is 1.62 bits per heavy atom. The molecule has 0 aromatic heterocycles. The summed E-state index contributed by atoms with van der Waals surface area (Å²) in [7, 11) is 0. The SMILES string of the molecule is Cc1ccc(Cl)cc1N1C(=O)[C@@H]2[C@@H](C1=O)[C@@H]1C=C[C@@H]2CC1. The number of imide groups is 1. The maximum Gasteiger partial charge on any atom is 0.238 e. The van der Waals surface area contributed by atoms with Crippen LogP contribution in [0.5, 0.6) is 0 Å². The highest BCUT2D eigenvalue weighted by atomic mass is 35.5. The van der Waals surface area contributed by atoms with Gasteiger partial charge in [0, 0.05) is 5.02 Å². The minimum absolute atomic E-state index is 0.0468. The molecule has 108 valence electrons. The molecule has 1 aromatic carbocycles. The number of carbonyl (C=O) groups is 2. The number of anilines is 1.